The van der Waals surface area contributed by atoms with E-state index in [-0.39, 0.29) is 16.2 Å². The molecule has 7 atom stereocenters. The second-order valence-electron chi connectivity index (χ2n) is 11.8. The second kappa shape index (κ2) is 5.26. The lowest BCUT2D eigenvalue weighted by Gasteiger charge is -2.68. The van der Waals surface area contributed by atoms with Crippen molar-refractivity contribution in [3.8, 4) is 0 Å². The number of hydrogen-bond acceptors (Lipinski definition) is 1. The van der Waals surface area contributed by atoms with E-state index in [0.29, 0.717) is 16.6 Å². The Hall–Kier alpha value is -0.590. The summed E-state index contributed by atoms with van der Waals surface area (Å²) >= 11 is 0. The van der Waals surface area contributed by atoms with Crippen molar-refractivity contribution in [2.24, 2.45) is 38.9 Å². The molecule has 3 saturated carbocycles. The van der Waals surface area contributed by atoms with Crippen LogP contribution >= 0.6 is 0 Å². The monoisotopic (exact) mass is 356 g/mol. The third-order valence-electron chi connectivity index (χ3n) is 11.4. The standard InChI is InChI=1S/C25H40O/c1-17-10-11-22(4)19(16-17)8-9-20-23(22,5)14-15-25(7)21(3,18(2)26)12-13-24(20,25)6/h8,17,20H,9-16H2,1-7H3/t17-,20+,21+,22-,23-,24-,25+/m0/s1. The largest absolute Gasteiger partial charge is 0.299 e. The Labute approximate surface area is 161 Å². The number of carbonyl (C=O) groups excluding carboxylic acids is 1. The van der Waals surface area contributed by atoms with Gasteiger partial charge in [-0.1, -0.05) is 53.2 Å². The highest BCUT2D eigenvalue weighted by Gasteiger charge is 2.72. The van der Waals surface area contributed by atoms with Gasteiger partial charge in [0.2, 0.25) is 0 Å². The Morgan fingerprint density at radius 1 is 0.962 bits per heavy atom. The van der Waals surface area contributed by atoms with Gasteiger partial charge in [0.1, 0.15) is 5.78 Å². The van der Waals surface area contributed by atoms with Crippen LogP contribution in [0.25, 0.3) is 0 Å². The summed E-state index contributed by atoms with van der Waals surface area (Å²) in [6, 6.07) is 0. The van der Waals surface area contributed by atoms with Crippen LogP contribution in [0, 0.1) is 38.9 Å². The van der Waals surface area contributed by atoms with Crippen LogP contribution in [0.5, 0.6) is 0 Å². The zero-order valence-corrected chi connectivity index (χ0v) is 18.3. The average molecular weight is 357 g/mol. The minimum absolute atomic E-state index is 0.130. The maximum Gasteiger partial charge on any atom is 0.136 e. The zero-order valence-electron chi connectivity index (χ0n) is 18.3. The Morgan fingerprint density at radius 2 is 1.62 bits per heavy atom. The Morgan fingerprint density at radius 3 is 2.27 bits per heavy atom. The molecular weight excluding hydrogens is 316 g/mol. The molecule has 0 heterocycles. The molecule has 0 N–H and O–H groups in total. The molecule has 4 aliphatic carbocycles. The topological polar surface area (TPSA) is 17.1 Å². The predicted octanol–water partition coefficient (Wildman–Crippen LogP) is 6.96. The maximum atomic E-state index is 12.7. The van der Waals surface area contributed by atoms with Gasteiger partial charge < -0.3 is 0 Å². The molecular formula is C25H40O. The molecule has 4 rings (SSSR count). The van der Waals surface area contributed by atoms with Crippen molar-refractivity contribution in [3.05, 3.63) is 11.6 Å². The Balaban J connectivity index is 1.82. The summed E-state index contributed by atoms with van der Waals surface area (Å²) in [5.41, 5.74) is 2.85. The number of fused-ring (bicyclic) bond motifs is 5. The van der Waals surface area contributed by atoms with Gasteiger partial charge in [-0.15, -0.1) is 0 Å². The van der Waals surface area contributed by atoms with Gasteiger partial charge in [-0.25, -0.2) is 0 Å². The molecule has 26 heavy (non-hydrogen) atoms. The lowest BCUT2D eigenvalue weighted by Crippen LogP contribution is -2.62. The molecule has 0 spiro atoms. The van der Waals surface area contributed by atoms with Gasteiger partial charge in [0.05, 0.1) is 0 Å². The molecule has 1 heteroatoms. The summed E-state index contributed by atoms with van der Waals surface area (Å²) < 4.78 is 0. The van der Waals surface area contributed by atoms with Crippen molar-refractivity contribution >= 4 is 5.78 Å². The first-order valence-electron chi connectivity index (χ1n) is 11.2. The van der Waals surface area contributed by atoms with Gasteiger partial charge in [-0.05, 0) is 91.8 Å². The molecule has 1 nitrogen and oxygen atoms in total. The van der Waals surface area contributed by atoms with Gasteiger partial charge in [-0.2, -0.15) is 0 Å². The fourth-order valence-electron chi connectivity index (χ4n) is 8.56. The third kappa shape index (κ3) is 1.86. The van der Waals surface area contributed by atoms with E-state index in [0.717, 1.165) is 18.3 Å². The number of rotatable bonds is 1. The first-order chi connectivity index (χ1) is 11.9. The van der Waals surface area contributed by atoms with Crippen molar-refractivity contribution in [3.63, 3.8) is 0 Å². The van der Waals surface area contributed by atoms with Crippen molar-refractivity contribution in [1.82, 2.24) is 0 Å². The predicted molar refractivity (Wildman–Crippen MR) is 109 cm³/mol. The molecule has 0 bridgehead atoms. The molecule has 0 amide bonds. The van der Waals surface area contributed by atoms with E-state index in [1.165, 1.54) is 44.9 Å². The summed E-state index contributed by atoms with van der Waals surface area (Å²) in [6.07, 6.45) is 12.8. The summed E-state index contributed by atoms with van der Waals surface area (Å²) in [5.74, 6) is 2.00. The van der Waals surface area contributed by atoms with Gasteiger partial charge >= 0.3 is 0 Å². The number of ketones is 1. The normalized spacial score (nSPS) is 56.2. The number of allylic oxidation sites excluding steroid dienone is 2. The number of carbonyl (C=O) groups is 1. The molecule has 0 aromatic rings. The van der Waals surface area contributed by atoms with E-state index in [9.17, 15) is 4.79 Å². The van der Waals surface area contributed by atoms with Crippen LogP contribution < -0.4 is 0 Å². The fourth-order valence-corrected chi connectivity index (χ4v) is 8.56. The van der Waals surface area contributed by atoms with Crippen LogP contribution in [0.1, 0.15) is 99.8 Å². The molecule has 3 fully saturated rings. The summed E-state index contributed by atoms with van der Waals surface area (Å²) in [5, 5.41) is 0. The van der Waals surface area contributed by atoms with Crippen molar-refractivity contribution in [1.29, 1.82) is 0 Å². The Kier molecular flexibility index (Phi) is 3.80. The summed E-state index contributed by atoms with van der Waals surface area (Å²) in [4.78, 5) is 12.7. The van der Waals surface area contributed by atoms with Crippen LogP contribution in [-0.4, -0.2) is 5.78 Å². The zero-order chi connectivity index (χ0) is 19.2. The van der Waals surface area contributed by atoms with Gasteiger partial charge in [0, 0.05) is 5.41 Å². The van der Waals surface area contributed by atoms with Crippen LogP contribution in [0.4, 0.5) is 0 Å². The molecule has 0 saturated heterocycles. The van der Waals surface area contributed by atoms with E-state index in [1.807, 2.05) is 6.92 Å². The number of hydrogen-bond donors (Lipinski definition) is 0. The van der Waals surface area contributed by atoms with Gasteiger partial charge in [0.15, 0.2) is 0 Å². The molecule has 4 aliphatic rings. The van der Waals surface area contributed by atoms with Crippen molar-refractivity contribution in [2.75, 3.05) is 0 Å². The lowest BCUT2D eigenvalue weighted by atomic mass is 9.35. The van der Waals surface area contributed by atoms with E-state index in [1.54, 1.807) is 5.57 Å². The Bertz CT molecular complexity index is 676. The SMILES string of the molecule is CC(=O)[C@@]1(C)CC[C@@]2(C)[C@@H]3CC=C4C[C@@H](C)CC[C@]4(C)[C@@]3(C)CC[C@@]21C. The molecule has 0 aliphatic heterocycles. The van der Waals surface area contributed by atoms with E-state index >= 15 is 0 Å². The van der Waals surface area contributed by atoms with Crippen LogP contribution in [0.2, 0.25) is 0 Å². The fraction of sp³-hybridized carbons (Fsp3) is 0.880. The number of Topliss-reactive ketones (excluding diaryl/α,β-unsaturated/α-hetero) is 1. The first kappa shape index (κ1) is 18.8. The molecule has 0 unspecified atom stereocenters. The van der Waals surface area contributed by atoms with Crippen LogP contribution in [-0.2, 0) is 4.79 Å². The highest BCUT2D eigenvalue weighted by atomic mass is 16.1. The molecule has 0 aromatic carbocycles. The maximum absolute atomic E-state index is 12.7. The van der Waals surface area contributed by atoms with Gasteiger partial charge in [-0.3, -0.25) is 4.79 Å². The van der Waals surface area contributed by atoms with E-state index in [4.69, 9.17) is 0 Å². The minimum atomic E-state index is -0.130. The summed E-state index contributed by atoms with van der Waals surface area (Å²) in [7, 11) is 0. The lowest BCUT2D eigenvalue weighted by molar-refractivity contribution is -0.177. The van der Waals surface area contributed by atoms with Crippen molar-refractivity contribution in [2.45, 2.75) is 99.8 Å². The second-order valence-corrected chi connectivity index (χ2v) is 11.8. The first-order valence-corrected chi connectivity index (χ1v) is 11.2. The van der Waals surface area contributed by atoms with Crippen LogP contribution in [0.3, 0.4) is 0 Å². The van der Waals surface area contributed by atoms with E-state index < -0.39 is 0 Å². The minimum Gasteiger partial charge on any atom is -0.299 e. The highest BCUT2D eigenvalue weighted by Crippen LogP contribution is 2.78. The molecule has 0 aromatic heterocycles. The smallest absolute Gasteiger partial charge is 0.136 e. The van der Waals surface area contributed by atoms with E-state index in [2.05, 4.69) is 47.6 Å². The van der Waals surface area contributed by atoms with Crippen LogP contribution in [0.15, 0.2) is 11.6 Å². The summed E-state index contributed by atoms with van der Waals surface area (Å²) in [6.45, 7) is 16.9. The third-order valence-corrected chi connectivity index (χ3v) is 11.4. The van der Waals surface area contributed by atoms with Gasteiger partial charge in [0.25, 0.3) is 0 Å². The molecule has 146 valence electrons. The quantitative estimate of drug-likeness (QED) is 0.464. The average Bonchev–Trinajstić information content (AvgIpc) is 2.79. The molecule has 0 radical (unpaired) electrons. The van der Waals surface area contributed by atoms with Crippen molar-refractivity contribution < 1.29 is 4.79 Å². The highest BCUT2D eigenvalue weighted by molar-refractivity contribution is 5.83.